The Morgan fingerprint density at radius 2 is 1.65 bits per heavy atom. The highest BCUT2D eigenvalue weighted by molar-refractivity contribution is 7.99. The fourth-order valence-corrected chi connectivity index (χ4v) is 3.11. The lowest BCUT2D eigenvalue weighted by atomic mass is 10.0. The second-order valence-corrected chi connectivity index (χ2v) is 5.78. The number of rotatable bonds is 4. The standard InChI is InChI=1S/C15H12ClN3S/c16-13-8-6-12(7-9-13)14(11-4-2-1-3-5-11)20-15-17-10-18-19-15/h1-10,14H,(H,17,18,19)/t14-/m0/s1. The van der Waals surface area contributed by atoms with Crippen molar-refractivity contribution in [2.45, 2.75) is 10.4 Å². The predicted molar refractivity (Wildman–Crippen MR) is 82.0 cm³/mol. The van der Waals surface area contributed by atoms with Gasteiger partial charge in [-0.1, -0.05) is 65.8 Å². The van der Waals surface area contributed by atoms with E-state index in [0.717, 1.165) is 10.2 Å². The number of thioether (sulfide) groups is 1. The Labute approximate surface area is 126 Å². The first-order valence-electron chi connectivity index (χ1n) is 6.15. The van der Waals surface area contributed by atoms with Crippen molar-refractivity contribution in [2.75, 3.05) is 0 Å². The van der Waals surface area contributed by atoms with Crippen LogP contribution in [0.25, 0.3) is 0 Å². The smallest absolute Gasteiger partial charge is 0.184 e. The van der Waals surface area contributed by atoms with Gasteiger partial charge in [0.2, 0.25) is 0 Å². The molecule has 1 heterocycles. The lowest BCUT2D eigenvalue weighted by molar-refractivity contribution is 0.965. The summed E-state index contributed by atoms with van der Waals surface area (Å²) in [5.41, 5.74) is 2.40. The molecular weight excluding hydrogens is 290 g/mol. The van der Waals surface area contributed by atoms with E-state index in [9.17, 15) is 0 Å². The van der Waals surface area contributed by atoms with Gasteiger partial charge in [-0.2, -0.15) is 5.10 Å². The maximum Gasteiger partial charge on any atom is 0.184 e. The third-order valence-corrected chi connectivity index (χ3v) is 4.35. The van der Waals surface area contributed by atoms with Gasteiger partial charge in [-0.15, -0.1) is 0 Å². The van der Waals surface area contributed by atoms with Gasteiger partial charge in [0.15, 0.2) is 5.16 Å². The number of nitrogens with zero attached hydrogens (tertiary/aromatic N) is 2. The molecular formula is C15H12ClN3S. The summed E-state index contributed by atoms with van der Waals surface area (Å²) in [5.74, 6) is 0. The zero-order valence-corrected chi connectivity index (χ0v) is 12.1. The van der Waals surface area contributed by atoms with E-state index in [1.165, 1.54) is 17.5 Å². The summed E-state index contributed by atoms with van der Waals surface area (Å²) in [7, 11) is 0. The largest absolute Gasteiger partial charge is 0.254 e. The van der Waals surface area contributed by atoms with Gasteiger partial charge in [-0.25, -0.2) is 4.98 Å². The summed E-state index contributed by atoms with van der Waals surface area (Å²) in [6, 6.07) is 18.2. The van der Waals surface area contributed by atoms with Gasteiger partial charge < -0.3 is 0 Å². The Bertz CT molecular complexity index is 653. The van der Waals surface area contributed by atoms with E-state index in [4.69, 9.17) is 11.6 Å². The second kappa shape index (κ2) is 6.11. The fraction of sp³-hybridized carbons (Fsp3) is 0.0667. The number of halogens is 1. The zero-order valence-electron chi connectivity index (χ0n) is 10.5. The topological polar surface area (TPSA) is 41.6 Å². The number of hydrogen-bond donors (Lipinski definition) is 1. The van der Waals surface area contributed by atoms with Gasteiger partial charge in [-0.05, 0) is 23.3 Å². The molecule has 0 bridgehead atoms. The monoisotopic (exact) mass is 301 g/mol. The minimum Gasteiger partial charge on any atom is -0.254 e. The molecule has 1 N–H and O–H groups in total. The molecule has 0 radical (unpaired) electrons. The van der Waals surface area contributed by atoms with Gasteiger partial charge in [0.05, 0.1) is 5.25 Å². The Kier molecular flexibility index (Phi) is 4.04. The van der Waals surface area contributed by atoms with Gasteiger partial charge >= 0.3 is 0 Å². The van der Waals surface area contributed by atoms with E-state index in [1.807, 2.05) is 42.5 Å². The van der Waals surface area contributed by atoms with Crippen LogP contribution in [-0.2, 0) is 0 Å². The average Bonchev–Trinajstić information content (AvgIpc) is 3.00. The van der Waals surface area contributed by atoms with E-state index in [0.29, 0.717) is 0 Å². The van der Waals surface area contributed by atoms with Crippen LogP contribution in [0.5, 0.6) is 0 Å². The van der Waals surface area contributed by atoms with Crippen LogP contribution >= 0.6 is 23.4 Å². The van der Waals surface area contributed by atoms with Gasteiger partial charge in [0.25, 0.3) is 0 Å². The Morgan fingerprint density at radius 3 is 2.30 bits per heavy atom. The molecule has 100 valence electrons. The SMILES string of the molecule is Clc1ccc([C@@H](Sc2ncn[nH]2)c2ccccc2)cc1. The van der Waals surface area contributed by atoms with Crippen LogP contribution in [0.3, 0.4) is 0 Å². The minimum atomic E-state index is 0.154. The number of benzene rings is 2. The van der Waals surface area contributed by atoms with E-state index in [1.54, 1.807) is 11.8 Å². The van der Waals surface area contributed by atoms with Gasteiger partial charge in [0, 0.05) is 5.02 Å². The summed E-state index contributed by atoms with van der Waals surface area (Å²) < 4.78 is 0. The molecule has 0 fully saturated rings. The molecule has 1 atom stereocenters. The number of aromatic nitrogens is 3. The number of nitrogens with one attached hydrogen (secondary N) is 1. The van der Waals surface area contributed by atoms with E-state index < -0.39 is 0 Å². The molecule has 0 unspecified atom stereocenters. The first kappa shape index (κ1) is 13.2. The Balaban J connectivity index is 1.97. The van der Waals surface area contributed by atoms with Crippen molar-refractivity contribution in [1.29, 1.82) is 0 Å². The van der Waals surface area contributed by atoms with E-state index in [2.05, 4.69) is 27.3 Å². The molecule has 0 saturated heterocycles. The second-order valence-electron chi connectivity index (χ2n) is 4.25. The minimum absolute atomic E-state index is 0.154. The Hall–Kier alpha value is -1.78. The first-order valence-corrected chi connectivity index (χ1v) is 7.41. The van der Waals surface area contributed by atoms with Crippen LogP contribution in [0.1, 0.15) is 16.4 Å². The van der Waals surface area contributed by atoms with Crippen molar-refractivity contribution in [2.24, 2.45) is 0 Å². The van der Waals surface area contributed by atoms with Crippen LogP contribution in [0.15, 0.2) is 66.1 Å². The molecule has 0 aliphatic heterocycles. The highest BCUT2D eigenvalue weighted by atomic mass is 35.5. The predicted octanol–water partition coefficient (Wildman–Crippen LogP) is 4.34. The Morgan fingerprint density at radius 1 is 0.950 bits per heavy atom. The van der Waals surface area contributed by atoms with Gasteiger partial charge in [0.1, 0.15) is 6.33 Å². The summed E-state index contributed by atoms with van der Waals surface area (Å²) in [4.78, 5) is 4.19. The van der Waals surface area contributed by atoms with Crippen LogP contribution < -0.4 is 0 Å². The summed E-state index contributed by atoms with van der Waals surface area (Å²) in [5, 5.41) is 8.49. The fourth-order valence-electron chi connectivity index (χ4n) is 1.96. The average molecular weight is 302 g/mol. The van der Waals surface area contributed by atoms with Crippen LogP contribution in [0.4, 0.5) is 0 Å². The van der Waals surface area contributed by atoms with Crippen molar-refractivity contribution in [3.8, 4) is 0 Å². The number of aromatic amines is 1. The molecule has 0 spiro atoms. The molecule has 3 rings (SSSR count). The van der Waals surface area contributed by atoms with Crippen molar-refractivity contribution >= 4 is 23.4 Å². The number of H-pyrrole nitrogens is 1. The maximum absolute atomic E-state index is 5.97. The lowest BCUT2D eigenvalue weighted by Crippen LogP contribution is -1.97. The summed E-state index contributed by atoms with van der Waals surface area (Å²) in [6.07, 6.45) is 1.52. The lowest BCUT2D eigenvalue weighted by Gasteiger charge is -2.16. The molecule has 3 nitrogen and oxygen atoms in total. The summed E-state index contributed by atoms with van der Waals surface area (Å²) >= 11 is 7.60. The third kappa shape index (κ3) is 3.03. The quantitative estimate of drug-likeness (QED) is 0.729. The maximum atomic E-state index is 5.97. The zero-order chi connectivity index (χ0) is 13.8. The van der Waals surface area contributed by atoms with Crippen molar-refractivity contribution in [1.82, 2.24) is 15.2 Å². The highest BCUT2D eigenvalue weighted by Crippen LogP contribution is 2.38. The number of hydrogen-bond acceptors (Lipinski definition) is 3. The normalized spacial score (nSPS) is 12.2. The molecule has 0 saturated carbocycles. The van der Waals surface area contributed by atoms with E-state index in [-0.39, 0.29) is 5.25 Å². The van der Waals surface area contributed by atoms with Gasteiger partial charge in [-0.3, -0.25) is 5.10 Å². The molecule has 0 aliphatic rings. The molecule has 0 amide bonds. The molecule has 20 heavy (non-hydrogen) atoms. The molecule has 0 aliphatic carbocycles. The van der Waals surface area contributed by atoms with Crippen LogP contribution in [0, 0.1) is 0 Å². The molecule has 1 aromatic heterocycles. The highest BCUT2D eigenvalue weighted by Gasteiger charge is 2.17. The third-order valence-electron chi connectivity index (χ3n) is 2.90. The van der Waals surface area contributed by atoms with Crippen molar-refractivity contribution in [3.05, 3.63) is 77.1 Å². The van der Waals surface area contributed by atoms with Crippen LogP contribution in [0.2, 0.25) is 5.02 Å². The molecule has 3 aromatic rings. The van der Waals surface area contributed by atoms with Crippen LogP contribution in [-0.4, -0.2) is 15.2 Å². The van der Waals surface area contributed by atoms with Crippen molar-refractivity contribution in [3.63, 3.8) is 0 Å². The van der Waals surface area contributed by atoms with E-state index >= 15 is 0 Å². The van der Waals surface area contributed by atoms with Crippen molar-refractivity contribution < 1.29 is 0 Å². The first-order chi connectivity index (χ1) is 9.83. The molecule has 2 aromatic carbocycles. The molecule has 5 heteroatoms. The summed E-state index contributed by atoms with van der Waals surface area (Å²) in [6.45, 7) is 0.